The van der Waals surface area contributed by atoms with Crippen LogP contribution in [0.2, 0.25) is 0 Å². The number of hydrogen-bond acceptors (Lipinski definition) is 1. The van der Waals surface area contributed by atoms with Gasteiger partial charge in [-0.1, -0.05) is 53.5 Å². The SMILES string of the molecule is CCC1COCCC1c1cccc(CBr)c1. The highest BCUT2D eigenvalue weighted by Crippen LogP contribution is 2.34. The first-order valence-electron chi connectivity index (χ1n) is 6.07. The minimum Gasteiger partial charge on any atom is -0.381 e. The molecule has 2 unspecified atom stereocenters. The summed E-state index contributed by atoms with van der Waals surface area (Å²) in [6.07, 6.45) is 2.38. The lowest BCUT2D eigenvalue weighted by Gasteiger charge is -2.31. The van der Waals surface area contributed by atoms with Gasteiger partial charge in [0.05, 0.1) is 0 Å². The molecule has 1 aromatic carbocycles. The summed E-state index contributed by atoms with van der Waals surface area (Å²) in [7, 11) is 0. The highest BCUT2D eigenvalue weighted by molar-refractivity contribution is 9.08. The summed E-state index contributed by atoms with van der Waals surface area (Å²) in [6.45, 7) is 4.11. The topological polar surface area (TPSA) is 9.23 Å². The first kappa shape index (κ1) is 12.1. The van der Waals surface area contributed by atoms with Gasteiger partial charge in [-0.15, -0.1) is 0 Å². The van der Waals surface area contributed by atoms with E-state index in [1.165, 1.54) is 24.0 Å². The van der Waals surface area contributed by atoms with Crippen LogP contribution in [-0.2, 0) is 10.1 Å². The Kier molecular flexibility index (Phi) is 4.42. The van der Waals surface area contributed by atoms with Crippen LogP contribution in [0.3, 0.4) is 0 Å². The lowest BCUT2D eigenvalue weighted by Crippen LogP contribution is -2.25. The van der Waals surface area contributed by atoms with Gasteiger partial charge in [-0.25, -0.2) is 0 Å². The zero-order chi connectivity index (χ0) is 11.4. The molecule has 0 bridgehead atoms. The second-order valence-corrected chi connectivity index (χ2v) is 5.08. The van der Waals surface area contributed by atoms with Crippen molar-refractivity contribution in [3.05, 3.63) is 35.4 Å². The van der Waals surface area contributed by atoms with E-state index in [1.807, 2.05) is 0 Å². The molecule has 0 N–H and O–H groups in total. The van der Waals surface area contributed by atoms with Crippen molar-refractivity contribution in [2.75, 3.05) is 13.2 Å². The minimum absolute atomic E-state index is 0.692. The Morgan fingerprint density at radius 2 is 2.31 bits per heavy atom. The number of hydrogen-bond donors (Lipinski definition) is 0. The Hall–Kier alpha value is -0.340. The summed E-state index contributed by atoms with van der Waals surface area (Å²) < 4.78 is 5.57. The fourth-order valence-corrected chi connectivity index (χ4v) is 2.89. The molecule has 0 aromatic heterocycles. The van der Waals surface area contributed by atoms with Gasteiger partial charge in [0, 0.05) is 18.5 Å². The van der Waals surface area contributed by atoms with E-state index in [4.69, 9.17) is 4.74 Å². The molecule has 1 aromatic rings. The van der Waals surface area contributed by atoms with E-state index < -0.39 is 0 Å². The predicted octanol–water partition coefficient (Wildman–Crippen LogP) is 4.11. The van der Waals surface area contributed by atoms with Crippen LogP contribution >= 0.6 is 15.9 Å². The molecule has 0 saturated carbocycles. The Morgan fingerprint density at radius 1 is 1.44 bits per heavy atom. The molecular weight excluding hydrogens is 264 g/mol. The monoisotopic (exact) mass is 282 g/mol. The van der Waals surface area contributed by atoms with Gasteiger partial charge in [0.15, 0.2) is 0 Å². The summed E-state index contributed by atoms with van der Waals surface area (Å²) in [4.78, 5) is 0. The van der Waals surface area contributed by atoms with E-state index in [0.29, 0.717) is 11.8 Å². The quantitative estimate of drug-likeness (QED) is 0.758. The normalized spacial score (nSPS) is 25.6. The van der Waals surface area contributed by atoms with Crippen molar-refractivity contribution in [1.29, 1.82) is 0 Å². The Bertz CT molecular complexity index is 337. The third-order valence-corrected chi connectivity index (χ3v) is 4.18. The number of benzene rings is 1. The van der Waals surface area contributed by atoms with Crippen molar-refractivity contribution in [2.24, 2.45) is 5.92 Å². The van der Waals surface area contributed by atoms with Gasteiger partial charge in [-0.2, -0.15) is 0 Å². The van der Waals surface area contributed by atoms with Gasteiger partial charge in [0.1, 0.15) is 0 Å². The molecule has 2 atom stereocenters. The lowest BCUT2D eigenvalue weighted by molar-refractivity contribution is 0.0388. The minimum atomic E-state index is 0.692. The number of alkyl halides is 1. The summed E-state index contributed by atoms with van der Waals surface area (Å²) in [5.41, 5.74) is 2.87. The summed E-state index contributed by atoms with van der Waals surface area (Å²) in [5, 5.41) is 0.945. The molecule has 0 spiro atoms. The van der Waals surface area contributed by atoms with Gasteiger partial charge in [0.2, 0.25) is 0 Å². The number of halogens is 1. The molecule has 0 aliphatic carbocycles. The summed E-state index contributed by atoms with van der Waals surface area (Å²) >= 11 is 3.52. The highest BCUT2D eigenvalue weighted by atomic mass is 79.9. The van der Waals surface area contributed by atoms with Gasteiger partial charge < -0.3 is 4.74 Å². The Balaban J connectivity index is 2.20. The van der Waals surface area contributed by atoms with Crippen molar-refractivity contribution in [2.45, 2.75) is 31.0 Å². The van der Waals surface area contributed by atoms with Crippen molar-refractivity contribution >= 4 is 15.9 Å². The molecule has 1 nitrogen and oxygen atoms in total. The lowest BCUT2D eigenvalue weighted by atomic mass is 9.81. The molecule has 1 aliphatic heterocycles. The van der Waals surface area contributed by atoms with Gasteiger partial charge in [0.25, 0.3) is 0 Å². The van der Waals surface area contributed by atoms with Crippen molar-refractivity contribution in [3.8, 4) is 0 Å². The average Bonchev–Trinajstić information content (AvgIpc) is 2.38. The first-order valence-corrected chi connectivity index (χ1v) is 7.19. The fourth-order valence-electron chi connectivity index (χ4n) is 2.54. The van der Waals surface area contributed by atoms with E-state index >= 15 is 0 Å². The van der Waals surface area contributed by atoms with E-state index in [1.54, 1.807) is 0 Å². The number of rotatable bonds is 3. The maximum atomic E-state index is 5.57. The van der Waals surface area contributed by atoms with Crippen molar-refractivity contribution < 1.29 is 4.74 Å². The summed E-state index contributed by atoms with van der Waals surface area (Å²) in [5.74, 6) is 1.39. The maximum absolute atomic E-state index is 5.57. The zero-order valence-electron chi connectivity index (χ0n) is 9.79. The third-order valence-electron chi connectivity index (χ3n) is 3.53. The zero-order valence-corrected chi connectivity index (χ0v) is 11.4. The molecule has 88 valence electrons. The number of ether oxygens (including phenoxy) is 1. The van der Waals surface area contributed by atoms with Gasteiger partial charge in [-0.3, -0.25) is 0 Å². The van der Waals surface area contributed by atoms with Crippen LogP contribution in [0.1, 0.15) is 36.8 Å². The van der Waals surface area contributed by atoms with Gasteiger partial charge >= 0.3 is 0 Å². The van der Waals surface area contributed by atoms with Crippen LogP contribution in [0.25, 0.3) is 0 Å². The van der Waals surface area contributed by atoms with E-state index in [2.05, 4.69) is 47.1 Å². The molecule has 1 fully saturated rings. The van der Waals surface area contributed by atoms with Crippen LogP contribution in [0, 0.1) is 5.92 Å². The fraction of sp³-hybridized carbons (Fsp3) is 0.571. The highest BCUT2D eigenvalue weighted by Gasteiger charge is 2.25. The van der Waals surface area contributed by atoms with Crippen LogP contribution < -0.4 is 0 Å². The smallest absolute Gasteiger partial charge is 0.0500 e. The molecule has 2 heteroatoms. The van der Waals surface area contributed by atoms with Crippen LogP contribution in [0.15, 0.2) is 24.3 Å². The van der Waals surface area contributed by atoms with Crippen molar-refractivity contribution in [3.63, 3.8) is 0 Å². The van der Waals surface area contributed by atoms with E-state index in [9.17, 15) is 0 Å². The molecule has 16 heavy (non-hydrogen) atoms. The molecule has 1 heterocycles. The molecule has 1 aliphatic rings. The molecule has 1 saturated heterocycles. The van der Waals surface area contributed by atoms with E-state index in [-0.39, 0.29) is 0 Å². The first-order chi connectivity index (χ1) is 7.85. The molecular formula is C14H19BrO. The second-order valence-electron chi connectivity index (χ2n) is 4.52. The van der Waals surface area contributed by atoms with Gasteiger partial charge in [-0.05, 0) is 29.4 Å². The van der Waals surface area contributed by atoms with Crippen LogP contribution in [0.5, 0.6) is 0 Å². The maximum Gasteiger partial charge on any atom is 0.0500 e. The average molecular weight is 283 g/mol. The van der Waals surface area contributed by atoms with Crippen LogP contribution in [0.4, 0.5) is 0 Å². The predicted molar refractivity (Wildman–Crippen MR) is 71.0 cm³/mol. The van der Waals surface area contributed by atoms with Crippen molar-refractivity contribution in [1.82, 2.24) is 0 Å². The largest absolute Gasteiger partial charge is 0.381 e. The standard InChI is InChI=1S/C14H19BrO/c1-2-12-10-16-7-6-14(12)13-5-3-4-11(8-13)9-15/h3-5,8,12,14H,2,6-7,9-10H2,1H3. The van der Waals surface area contributed by atoms with Crippen LogP contribution in [-0.4, -0.2) is 13.2 Å². The Labute approximate surface area is 106 Å². The van der Waals surface area contributed by atoms with E-state index in [0.717, 1.165) is 18.5 Å². The third kappa shape index (κ3) is 2.67. The molecule has 0 amide bonds. The molecule has 0 radical (unpaired) electrons. The Morgan fingerprint density at radius 3 is 3.06 bits per heavy atom. The second kappa shape index (κ2) is 5.83. The summed E-state index contributed by atoms with van der Waals surface area (Å²) in [6, 6.07) is 8.96. The molecule has 2 rings (SSSR count).